The predicted octanol–water partition coefficient (Wildman–Crippen LogP) is 12.0. The number of nitrogens with zero attached hydrogens (tertiary/aromatic N) is 6. The van der Waals surface area contributed by atoms with Gasteiger partial charge in [0.05, 0.1) is 40.2 Å². The summed E-state index contributed by atoms with van der Waals surface area (Å²) in [7, 11) is 0. The SMILES string of the molecule is C1=CN=CC2=C=C(C=1)N(c1cccc(-n3c4c(c5cnccc53)C3CC3(c3cccc(-c5ccccn5)c3)C=C4)c1)c1ccc(-c3cccc(-c4ccccn4)c3)cc12. The first-order valence-corrected chi connectivity index (χ1v) is 19.9. The number of anilines is 2. The molecule has 2 aliphatic heterocycles. The molecule has 59 heavy (non-hydrogen) atoms. The van der Waals surface area contributed by atoms with Crippen LogP contribution in [-0.4, -0.2) is 25.7 Å². The zero-order valence-corrected chi connectivity index (χ0v) is 31.9. The van der Waals surface area contributed by atoms with Gasteiger partial charge in [0.15, 0.2) is 0 Å². The van der Waals surface area contributed by atoms with Gasteiger partial charge in [0.1, 0.15) is 0 Å². The summed E-state index contributed by atoms with van der Waals surface area (Å²) in [5.41, 5.74) is 24.4. The van der Waals surface area contributed by atoms with Crippen molar-refractivity contribution in [1.29, 1.82) is 0 Å². The second-order valence-corrected chi connectivity index (χ2v) is 15.5. The maximum Gasteiger partial charge on any atom is 0.0976 e. The Kier molecular flexibility index (Phi) is 7.38. The van der Waals surface area contributed by atoms with Crippen LogP contribution in [0, 0.1) is 0 Å². The predicted molar refractivity (Wildman–Crippen MR) is 238 cm³/mol. The third kappa shape index (κ3) is 5.36. The van der Waals surface area contributed by atoms with Crippen molar-refractivity contribution in [3.63, 3.8) is 0 Å². The van der Waals surface area contributed by atoms with E-state index in [9.17, 15) is 0 Å². The summed E-state index contributed by atoms with van der Waals surface area (Å²) in [4.78, 5) is 20.7. The smallest absolute Gasteiger partial charge is 0.0976 e. The number of allylic oxidation sites excluding steroid dienone is 2. The summed E-state index contributed by atoms with van der Waals surface area (Å²) in [6, 6.07) is 47.3. The van der Waals surface area contributed by atoms with Gasteiger partial charge in [0, 0.05) is 87.4 Å². The fourth-order valence-electron chi connectivity index (χ4n) is 9.39. The Labute approximate surface area is 341 Å². The van der Waals surface area contributed by atoms with Crippen molar-refractivity contribution >= 4 is 40.1 Å². The second-order valence-electron chi connectivity index (χ2n) is 15.5. The quantitative estimate of drug-likeness (QED) is 0.159. The van der Waals surface area contributed by atoms with Gasteiger partial charge in [-0.1, -0.05) is 78.2 Å². The van der Waals surface area contributed by atoms with Crippen LogP contribution >= 0.6 is 0 Å². The molecule has 0 spiro atoms. The number of aliphatic imine (C=N–C) groups is 1. The Hall–Kier alpha value is -7.88. The van der Waals surface area contributed by atoms with Crippen molar-refractivity contribution in [1.82, 2.24) is 19.5 Å². The Bertz CT molecular complexity index is 3230. The van der Waals surface area contributed by atoms with Gasteiger partial charge in [-0.3, -0.25) is 19.9 Å². The molecule has 1 saturated carbocycles. The van der Waals surface area contributed by atoms with Crippen molar-refractivity contribution in [3.8, 4) is 39.3 Å². The molecule has 2 atom stereocenters. The Balaban J connectivity index is 0.955. The molecule has 6 heteroatoms. The second kappa shape index (κ2) is 13.1. The number of rotatable bonds is 6. The largest absolute Gasteiger partial charge is 0.309 e. The van der Waals surface area contributed by atoms with Crippen LogP contribution in [0.2, 0.25) is 0 Å². The van der Waals surface area contributed by atoms with Crippen LogP contribution in [0.3, 0.4) is 0 Å². The Morgan fingerprint density at radius 3 is 2.31 bits per heavy atom. The standard InChI is InChI=1S/C53H34N6/c1-3-24-56-47(16-1)37-10-5-9-35(27-37)36-18-19-49-44(30-36)39-29-41(15-8-23-54-33-39)58(49)42-13-7-14-43(31-42)59-50-21-26-55-34-45(50)52-46-32-53(46,22-20-51(52)59)40-12-6-11-38(28-40)48-17-2-4-25-57-48/h1-7,9-28,30-31,33-34,46H,32H2. The van der Waals surface area contributed by atoms with E-state index in [0.29, 0.717) is 5.92 Å². The number of hydrogen-bond acceptors (Lipinski definition) is 5. The number of hydrogen-bond donors (Lipinski definition) is 0. The van der Waals surface area contributed by atoms with E-state index in [0.717, 1.165) is 79.5 Å². The van der Waals surface area contributed by atoms with Crippen LogP contribution in [0.5, 0.6) is 0 Å². The zero-order chi connectivity index (χ0) is 38.9. The summed E-state index contributed by atoms with van der Waals surface area (Å²) >= 11 is 0. The molecule has 12 rings (SSSR count). The summed E-state index contributed by atoms with van der Waals surface area (Å²) in [5, 5.41) is 1.20. The molecular weight excluding hydrogens is 721 g/mol. The third-order valence-corrected chi connectivity index (χ3v) is 12.2. The molecule has 2 unspecified atom stereocenters. The summed E-state index contributed by atoms with van der Waals surface area (Å²) in [6.45, 7) is 0. The lowest BCUT2D eigenvalue weighted by Crippen LogP contribution is -2.19. The van der Waals surface area contributed by atoms with Crippen LogP contribution in [0.25, 0.3) is 61.9 Å². The topological polar surface area (TPSA) is 59.2 Å². The molecule has 4 aliphatic rings. The lowest BCUT2D eigenvalue weighted by Gasteiger charge is -2.31. The first-order chi connectivity index (χ1) is 29.2. The third-order valence-electron chi connectivity index (χ3n) is 12.2. The first-order valence-electron chi connectivity index (χ1n) is 19.9. The minimum atomic E-state index is -0.0530. The van der Waals surface area contributed by atoms with E-state index in [2.05, 4.69) is 162 Å². The van der Waals surface area contributed by atoms with Gasteiger partial charge >= 0.3 is 0 Å². The van der Waals surface area contributed by atoms with Gasteiger partial charge < -0.3 is 9.47 Å². The van der Waals surface area contributed by atoms with E-state index in [-0.39, 0.29) is 5.41 Å². The van der Waals surface area contributed by atoms with E-state index >= 15 is 0 Å². The van der Waals surface area contributed by atoms with Crippen LogP contribution < -0.4 is 4.90 Å². The molecule has 2 aliphatic carbocycles. The number of benzene rings is 4. The molecule has 1 fully saturated rings. The molecule has 2 bridgehead atoms. The minimum Gasteiger partial charge on any atom is -0.309 e. The highest BCUT2D eigenvalue weighted by molar-refractivity contribution is 6.14. The molecule has 276 valence electrons. The van der Waals surface area contributed by atoms with Gasteiger partial charge in [-0.05, 0) is 108 Å². The van der Waals surface area contributed by atoms with Gasteiger partial charge in [-0.2, -0.15) is 0 Å². The Morgan fingerprint density at radius 2 is 1.46 bits per heavy atom. The maximum absolute atomic E-state index is 4.65. The van der Waals surface area contributed by atoms with Crippen molar-refractivity contribution in [2.24, 2.45) is 4.99 Å². The maximum atomic E-state index is 4.65. The van der Waals surface area contributed by atoms with Gasteiger partial charge in [-0.15, -0.1) is 0 Å². The van der Waals surface area contributed by atoms with Gasteiger partial charge in [0.2, 0.25) is 0 Å². The van der Waals surface area contributed by atoms with Crippen LogP contribution in [0.15, 0.2) is 199 Å². The number of pyridine rings is 3. The fraction of sp³-hybridized carbons (Fsp3) is 0.0566. The fourth-order valence-corrected chi connectivity index (χ4v) is 9.39. The normalized spacial score (nSPS) is 18.0. The molecule has 6 nitrogen and oxygen atoms in total. The lowest BCUT2D eigenvalue weighted by atomic mass is 9.85. The molecule has 6 heterocycles. The highest BCUT2D eigenvalue weighted by Gasteiger charge is 2.57. The van der Waals surface area contributed by atoms with E-state index in [1.54, 1.807) is 6.20 Å². The summed E-state index contributed by atoms with van der Waals surface area (Å²) in [6.07, 6.45) is 19.1. The van der Waals surface area contributed by atoms with Gasteiger partial charge in [0.25, 0.3) is 0 Å². The molecular formula is C53H34N6. The molecule has 4 aromatic heterocycles. The van der Waals surface area contributed by atoms with E-state index in [1.807, 2.05) is 61.2 Å². The van der Waals surface area contributed by atoms with Crippen molar-refractivity contribution in [2.45, 2.75) is 17.8 Å². The van der Waals surface area contributed by atoms with Crippen molar-refractivity contribution in [2.75, 3.05) is 4.90 Å². The number of fused-ring (bicyclic) bond motifs is 7. The molecule has 4 aromatic carbocycles. The first kappa shape index (κ1) is 33.3. The van der Waals surface area contributed by atoms with Crippen molar-refractivity contribution < 1.29 is 0 Å². The molecule has 0 radical (unpaired) electrons. The van der Waals surface area contributed by atoms with E-state index < -0.39 is 0 Å². The van der Waals surface area contributed by atoms with Crippen LogP contribution in [0.1, 0.15) is 34.7 Å². The highest BCUT2D eigenvalue weighted by Crippen LogP contribution is 2.66. The molecule has 8 aromatic rings. The van der Waals surface area contributed by atoms with Gasteiger partial charge in [-0.25, -0.2) is 0 Å². The molecule has 0 saturated heterocycles. The Morgan fingerprint density at radius 1 is 0.678 bits per heavy atom. The average Bonchev–Trinajstić information content (AvgIpc) is 3.96. The van der Waals surface area contributed by atoms with E-state index in [1.165, 1.54) is 22.2 Å². The zero-order valence-electron chi connectivity index (χ0n) is 31.9. The highest BCUT2D eigenvalue weighted by atomic mass is 15.2. The molecule has 0 N–H and O–H groups in total. The summed E-state index contributed by atoms with van der Waals surface area (Å²) in [5.74, 6) is 0.354. The van der Waals surface area contributed by atoms with Crippen molar-refractivity contribution in [3.05, 3.63) is 216 Å². The monoisotopic (exact) mass is 754 g/mol. The minimum absolute atomic E-state index is 0.0530. The van der Waals surface area contributed by atoms with E-state index in [4.69, 9.17) is 0 Å². The van der Waals surface area contributed by atoms with Crippen LogP contribution in [-0.2, 0) is 5.41 Å². The molecule has 0 amide bonds. The average molecular weight is 755 g/mol. The lowest BCUT2D eigenvalue weighted by molar-refractivity contribution is 0.831. The number of aromatic nitrogens is 4. The summed E-state index contributed by atoms with van der Waals surface area (Å²) < 4.78 is 2.41. The van der Waals surface area contributed by atoms with Crippen LogP contribution in [0.4, 0.5) is 11.4 Å².